The van der Waals surface area contributed by atoms with E-state index in [-0.39, 0.29) is 0 Å². The molecule has 0 amide bonds. The van der Waals surface area contributed by atoms with Crippen LogP contribution in [0.1, 0.15) is 16.7 Å². The maximum Gasteiger partial charge on any atom is 0.161 e. The van der Waals surface area contributed by atoms with Gasteiger partial charge in [-0.3, -0.25) is 5.43 Å². The zero-order chi connectivity index (χ0) is 16.2. The van der Waals surface area contributed by atoms with Gasteiger partial charge in [0.05, 0.1) is 19.9 Å². The molecule has 6 nitrogen and oxygen atoms in total. The summed E-state index contributed by atoms with van der Waals surface area (Å²) in [6, 6.07) is 13.8. The van der Waals surface area contributed by atoms with Crippen LogP contribution in [0.4, 0.5) is 0 Å². The fourth-order valence-electron chi connectivity index (χ4n) is 2.58. The number of hydrazone groups is 2. The summed E-state index contributed by atoms with van der Waals surface area (Å²) in [4.78, 5) is 0. The summed E-state index contributed by atoms with van der Waals surface area (Å²) < 4.78 is 10.8. The predicted molar refractivity (Wildman–Crippen MR) is 90.1 cm³/mol. The first-order valence-electron chi connectivity index (χ1n) is 7.18. The zero-order valence-electron chi connectivity index (χ0n) is 13.0. The van der Waals surface area contributed by atoms with E-state index in [0.717, 1.165) is 22.4 Å². The van der Waals surface area contributed by atoms with Crippen LogP contribution in [0.15, 0.2) is 52.7 Å². The van der Waals surface area contributed by atoms with Crippen LogP contribution in [-0.2, 0) is 6.42 Å². The van der Waals surface area contributed by atoms with Crippen molar-refractivity contribution in [2.45, 2.75) is 6.42 Å². The summed E-state index contributed by atoms with van der Waals surface area (Å²) >= 11 is 0. The van der Waals surface area contributed by atoms with Crippen LogP contribution in [0.5, 0.6) is 11.5 Å². The number of hydrogen-bond donors (Lipinski definition) is 2. The Labute approximate surface area is 134 Å². The molecule has 1 heterocycles. The van der Waals surface area contributed by atoms with Crippen LogP contribution in [0.3, 0.4) is 0 Å². The quantitative estimate of drug-likeness (QED) is 0.670. The Morgan fingerprint density at radius 1 is 1.09 bits per heavy atom. The number of benzene rings is 2. The van der Waals surface area contributed by atoms with Crippen LogP contribution < -0.4 is 20.7 Å². The molecule has 3 N–H and O–H groups in total. The zero-order valence-corrected chi connectivity index (χ0v) is 13.0. The number of amidine groups is 1. The minimum absolute atomic E-state index is 0.534. The first-order valence-corrected chi connectivity index (χ1v) is 7.18. The average molecular weight is 310 g/mol. The van der Waals surface area contributed by atoms with E-state index in [1.807, 2.05) is 42.5 Å². The highest BCUT2D eigenvalue weighted by molar-refractivity contribution is 6.15. The molecule has 0 bridgehead atoms. The van der Waals surface area contributed by atoms with Gasteiger partial charge in [0.1, 0.15) is 5.84 Å². The summed E-state index contributed by atoms with van der Waals surface area (Å²) in [6.45, 7) is 0. The highest BCUT2D eigenvalue weighted by atomic mass is 16.5. The second-order valence-corrected chi connectivity index (χ2v) is 5.06. The van der Waals surface area contributed by atoms with Gasteiger partial charge in [-0.15, -0.1) is 0 Å². The van der Waals surface area contributed by atoms with Gasteiger partial charge < -0.3 is 15.3 Å². The fourth-order valence-corrected chi connectivity index (χ4v) is 2.58. The molecule has 0 unspecified atom stereocenters. The fraction of sp³-hybridized carbons (Fsp3) is 0.176. The van der Waals surface area contributed by atoms with E-state index in [2.05, 4.69) is 15.6 Å². The van der Waals surface area contributed by atoms with Gasteiger partial charge in [0.15, 0.2) is 11.5 Å². The number of nitrogens with two attached hydrogens (primary N) is 1. The number of fused-ring (bicyclic) bond motifs is 1. The largest absolute Gasteiger partial charge is 0.493 e. The Balaban J connectivity index is 2.21. The minimum Gasteiger partial charge on any atom is -0.493 e. The molecule has 2 aromatic carbocycles. The number of nitrogens with zero attached hydrogens (tertiary/aromatic N) is 2. The Bertz CT molecular complexity index is 770. The standard InChI is InChI=1S/C17H18N4O2/c1-22-14-8-12-9-16(19-18)20-21-17(11-6-4-3-5-7-11)13(12)10-15(14)23-2/h3-8,10H,9,18H2,1-2H3,(H,19,20). The lowest BCUT2D eigenvalue weighted by molar-refractivity contribution is 0.354. The van der Waals surface area contributed by atoms with Gasteiger partial charge in [0, 0.05) is 17.5 Å². The van der Waals surface area contributed by atoms with Gasteiger partial charge in [-0.05, 0) is 17.7 Å². The summed E-state index contributed by atoms with van der Waals surface area (Å²) in [5.74, 6) is 7.35. The van der Waals surface area contributed by atoms with E-state index in [4.69, 9.17) is 15.3 Å². The Morgan fingerprint density at radius 2 is 1.78 bits per heavy atom. The predicted octanol–water partition coefficient (Wildman–Crippen LogP) is 1.87. The van der Waals surface area contributed by atoms with Gasteiger partial charge in [0.25, 0.3) is 0 Å². The molecular weight excluding hydrogens is 292 g/mol. The van der Waals surface area contributed by atoms with Crippen molar-refractivity contribution in [3.63, 3.8) is 0 Å². The van der Waals surface area contributed by atoms with E-state index in [1.165, 1.54) is 0 Å². The molecule has 0 atom stereocenters. The molecule has 0 fully saturated rings. The molecule has 0 aliphatic carbocycles. The molecule has 6 heteroatoms. The van der Waals surface area contributed by atoms with E-state index in [0.29, 0.717) is 23.8 Å². The normalized spacial score (nSPS) is 15.2. The van der Waals surface area contributed by atoms with Crippen molar-refractivity contribution in [3.05, 3.63) is 59.2 Å². The van der Waals surface area contributed by atoms with Crippen molar-refractivity contribution in [2.24, 2.45) is 16.0 Å². The summed E-state index contributed by atoms with van der Waals surface area (Å²) in [5, 5.41) is 8.24. The van der Waals surface area contributed by atoms with Gasteiger partial charge >= 0.3 is 0 Å². The van der Waals surface area contributed by atoms with Gasteiger partial charge in [-0.2, -0.15) is 10.2 Å². The molecule has 0 saturated carbocycles. The van der Waals surface area contributed by atoms with E-state index in [1.54, 1.807) is 14.2 Å². The van der Waals surface area contributed by atoms with Gasteiger partial charge in [0.2, 0.25) is 0 Å². The van der Waals surface area contributed by atoms with Crippen LogP contribution in [-0.4, -0.2) is 25.8 Å². The van der Waals surface area contributed by atoms with Crippen molar-refractivity contribution < 1.29 is 9.47 Å². The van der Waals surface area contributed by atoms with Crippen LogP contribution >= 0.6 is 0 Å². The highest BCUT2D eigenvalue weighted by Crippen LogP contribution is 2.32. The van der Waals surface area contributed by atoms with E-state index in [9.17, 15) is 0 Å². The number of hydrogen-bond acceptors (Lipinski definition) is 5. The summed E-state index contributed by atoms with van der Waals surface area (Å²) in [7, 11) is 3.23. The third-order valence-electron chi connectivity index (χ3n) is 3.72. The number of ether oxygens (including phenoxy) is 2. The second-order valence-electron chi connectivity index (χ2n) is 5.06. The lowest BCUT2D eigenvalue weighted by Crippen LogP contribution is -2.21. The molecular formula is C17H18N4O2. The van der Waals surface area contributed by atoms with Gasteiger partial charge in [-0.25, -0.2) is 0 Å². The van der Waals surface area contributed by atoms with Crippen molar-refractivity contribution in [3.8, 4) is 11.5 Å². The third-order valence-corrected chi connectivity index (χ3v) is 3.72. The SMILES string of the molecule is COc1cc2c(cc1OC)C(c1ccccc1)=NN/C(=N/N)C2. The average Bonchev–Trinajstić information content (AvgIpc) is 2.79. The molecule has 0 saturated heterocycles. The number of rotatable bonds is 3. The summed E-state index contributed by atoms with van der Waals surface area (Å²) in [5.41, 5.74) is 6.70. The lowest BCUT2D eigenvalue weighted by Gasteiger charge is -2.14. The lowest BCUT2D eigenvalue weighted by atomic mass is 9.95. The molecule has 1 aliphatic rings. The van der Waals surface area contributed by atoms with E-state index >= 15 is 0 Å². The van der Waals surface area contributed by atoms with Crippen LogP contribution in [0.25, 0.3) is 0 Å². The van der Waals surface area contributed by atoms with Crippen molar-refractivity contribution >= 4 is 11.5 Å². The molecule has 0 aromatic heterocycles. The van der Waals surface area contributed by atoms with E-state index < -0.39 is 0 Å². The molecule has 0 spiro atoms. The summed E-state index contributed by atoms with van der Waals surface area (Å²) in [6.07, 6.45) is 0.534. The minimum atomic E-state index is 0.534. The molecule has 23 heavy (non-hydrogen) atoms. The maximum atomic E-state index is 5.44. The maximum absolute atomic E-state index is 5.44. The van der Waals surface area contributed by atoms with Crippen LogP contribution in [0, 0.1) is 0 Å². The second kappa shape index (κ2) is 6.39. The van der Waals surface area contributed by atoms with Crippen molar-refractivity contribution in [1.82, 2.24) is 5.43 Å². The Morgan fingerprint density at radius 3 is 2.43 bits per heavy atom. The highest BCUT2D eigenvalue weighted by Gasteiger charge is 2.21. The molecule has 118 valence electrons. The third kappa shape index (κ3) is 2.83. The Kier molecular flexibility index (Phi) is 4.14. The van der Waals surface area contributed by atoms with Gasteiger partial charge in [-0.1, -0.05) is 30.3 Å². The van der Waals surface area contributed by atoms with Crippen LogP contribution in [0.2, 0.25) is 0 Å². The van der Waals surface area contributed by atoms with Crippen molar-refractivity contribution in [2.75, 3.05) is 14.2 Å². The monoisotopic (exact) mass is 310 g/mol. The molecule has 1 aliphatic heterocycles. The molecule has 3 rings (SSSR count). The smallest absolute Gasteiger partial charge is 0.161 e. The Hall–Kier alpha value is -3.02. The molecule has 2 aromatic rings. The first kappa shape index (κ1) is 14.9. The topological polar surface area (TPSA) is 81.2 Å². The number of nitrogens with one attached hydrogen (secondary N) is 1. The first-order chi connectivity index (χ1) is 11.3. The molecule has 0 radical (unpaired) electrons. The number of methoxy groups -OCH3 is 2. The van der Waals surface area contributed by atoms with Crippen molar-refractivity contribution in [1.29, 1.82) is 0 Å².